The van der Waals surface area contributed by atoms with Gasteiger partial charge in [-0.1, -0.05) is 59.6 Å². The molecule has 192 valence electrons. The number of carbonyl (C=O) groups is 1. The molecule has 1 N–H and O–H groups in total. The average Bonchev–Trinajstić information content (AvgIpc) is 3.42. The van der Waals surface area contributed by atoms with Gasteiger partial charge in [0.1, 0.15) is 5.82 Å². The lowest BCUT2D eigenvalue weighted by molar-refractivity contribution is 0.0930. The van der Waals surface area contributed by atoms with E-state index in [9.17, 15) is 9.18 Å². The van der Waals surface area contributed by atoms with Crippen LogP contribution in [0, 0.1) is 5.82 Å². The minimum atomic E-state index is -0.279. The summed E-state index contributed by atoms with van der Waals surface area (Å²) in [5.74, 6) is -0.464. The molecule has 0 saturated heterocycles. The SMILES string of the molecule is O=C(N[C@@H]1CCc2ccccc21)c1nn(-c2ccc(Cl)cc2Cl)c2c1CCCCC2=Cc1ccc(F)cc1. The molecule has 0 fully saturated rings. The van der Waals surface area contributed by atoms with E-state index < -0.39 is 0 Å². The lowest BCUT2D eigenvalue weighted by atomic mass is 10.0. The molecule has 2 aliphatic rings. The van der Waals surface area contributed by atoms with Crippen molar-refractivity contribution in [1.82, 2.24) is 15.1 Å². The summed E-state index contributed by atoms with van der Waals surface area (Å²) < 4.78 is 15.4. The molecule has 1 aromatic heterocycles. The quantitative estimate of drug-likeness (QED) is 0.264. The van der Waals surface area contributed by atoms with E-state index in [1.54, 1.807) is 28.9 Å². The maximum Gasteiger partial charge on any atom is 0.272 e. The number of fused-ring (bicyclic) bond motifs is 2. The molecular weight excluding hydrogens is 520 g/mol. The summed E-state index contributed by atoms with van der Waals surface area (Å²) in [5, 5.41) is 9.10. The predicted octanol–water partition coefficient (Wildman–Crippen LogP) is 8.00. The highest BCUT2D eigenvalue weighted by atomic mass is 35.5. The van der Waals surface area contributed by atoms with Crippen LogP contribution in [0.3, 0.4) is 0 Å². The summed E-state index contributed by atoms with van der Waals surface area (Å²) in [4.78, 5) is 13.8. The van der Waals surface area contributed by atoms with Crippen molar-refractivity contribution < 1.29 is 9.18 Å². The zero-order valence-corrected chi connectivity index (χ0v) is 22.2. The molecule has 1 amide bonds. The molecule has 38 heavy (non-hydrogen) atoms. The van der Waals surface area contributed by atoms with Crippen molar-refractivity contribution >= 4 is 40.8 Å². The third-order valence-corrected chi connectivity index (χ3v) is 7.95. The molecule has 3 aromatic carbocycles. The van der Waals surface area contributed by atoms with Crippen LogP contribution in [0.4, 0.5) is 4.39 Å². The number of rotatable bonds is 4. The number of allylic oxidation sites excluding steroid dienone is 1. The second kappa shape index (κ2) is 10.4. The molecule has 7 heteroatoms. The van der Waals surface area contributed by atoms with E-state index in [4.69, 9.17) is 28.3 Å². The Balaban J connectivity index is 1.47. The standard InChI is InChI=1S/C31H26Cl2FN3O/c32-22-12-16-28(26(33)18-22)37-30-21(17-19-9-13-23(34)14-10-19)6-2-4-8-25(30)29(36-37)31(38)35-27-15-11-20-5-1-3-7-24(20)27/h1,3,5,7,9-10,12-14,16-18,27H,2,4,6,8,11,15H2,(H,35,38)/t27-/m1/s1. The third-order valence-electron chi connectivity index (χ3n) is 7.41. The minimum absolute atomic E-state index is 0.0429. The summed E-state index contributed by atoms with van der Waals surface area (Å²) in [5.41, 5.74) is 7.22. The fraction of sp³-hybridized carbons (Fsp3) is 0.226. The summed E-state index contributed by atoms with van der Waals surface area (Å²) in [7, 11) is 0. The van der Waals surface area contributed by atoms with E-state index in [1.165, 1.54) is 23.3 Å². The Hall–Kier alpha value is -3.41. The first-order valence-electron chi connectivity index (χ1n) is 12.9. The fourth-order valence-electron chi connectivity index (χ4n) is 5.60. The molecule has 0 bridgehead atoms. The van der Waals surface area contributed by atoms with Crippen molar-refractivity contribution in [2.45, 2.75) is 44.6 Å². The number of carbonyl (C=O) groups excluding carboxylic acids is 1. The number of aryl methyl sites for hydroxylation is 1. The fourth-order valence-corrected chi connectivity index (χ4v) is 6.09. The Labute approximate surface area is 231 Å². The smallest absolute Gasteiger partial charge is 0.272 e. The van der Waals surface area contributed by atoms with E-state index >= 15 is 0 Å². The van der Waals surface area contributed by atoms with E-state index in [-0.39, 0.29) is 17.8 Å². The number of hydrogen-bond acceptors (Lipinski definition) is 2. The normalized spacial score (nSPS) is 17.7. The first-order chi connectivity index (χ1) is 18.5. The first kappa shape index (κ1) is 24.9. The zero-order chi connectivity index (χ0) is 26.2. The van der Waals surface area contributed by atoms with E-state index in [2.05, 4.69) is 23.5 Å². The second-order valence-electron chi connectivity index (χ2n) is 9.88. The van der Waals surface area contributed by atoms with Crippen LogP contribution in [0.5, 0.6) is 0 Å². The Morgan fingerprint density at radius 1 is 1.00 bits per heavy atom. The van der Waals surface area contributed by atoms with Crippen LogP contribution >= 0.6 is 23.2 Å². The molecule has 0 spiro atoms. The van der Waals surface area contributed by atoms with Gasteiger partial charge in [0.2, 0.25) is 0 Å². The molecule has 6 rings (SSSR count). The lowest BCUT2D eigenvalue weighted by Crippen LogP contribution is -2.28. The number of amides is 1. The van der Waals surface area contributed by atoms with E-state index in [0.29, 0.717) is 21.4 Å². The van der Waals surface area contributed by atoms with Gasteiger partial charge in [0.05, 0.1) is 22.4 Å². The van der Waals surface area contributed by atoms with Crippen molar-refractivity contribution in [3.8, 4) is 5.69 Å². The number of hydrogen-bond donors (Lipinski definition) is 1. The largest absolute Gasteiger partial charge is 0.344 e. The van der Waals surface area contributed by atoms with Crippen molar-refractivity contribution in [3.05, 3.63) is 116 Å². The van der Waals surface area contributed by atoms with Gasteiger partial charge < -0.3 is 5.32 Å². The van der Waals surface area contributed by atoms with Gasteiger partial charge in [0.25, 0.3) is 5.91 Å². The topological polar surface area (TPSA) is 46.9 Å². The van der Waals surface area contributed by atoms with Gasteiger partial charge in [-0.15, -0.1) is 0 Å². The summed E-state index contributed by atoms with van der Waals surface area (Å²) >= 11 is 12.8. The van der Waals surface area contributed by atoms with Gasteiger partial charge in [-0.2, -0.15) is 5.10 Å². The van der Waals surface area contributed by atoms with Gasteiger partial charge in [-0.25, -0.2) is 9.07 Å². The molecule has 2 aliphatic carbocycles. The van der Waals surface area contributed by atoms with Gasteiger partial charge in [0.15, 0.2) is 5.69 Å². The van der Waals surface area contributed by atoms with Crippen molar-refractivity contribution in [2.75, 3.05) is 0 Å². The number of nitrogens with one attached hydrogen (secondary N) is 1. The number of benzene rings is 3. The highest BCUT2D eigenvalue weighted by Crippen LogP contribution is 2.37. The lowest BCUT2D eigenvalue weighted by Gasteiger charge is -2.14. The number of aromatic nitrogens is 2. The van der Waals surface area contributed by atoms with Crippen LogP contribution < -0.4 is 5.32 Å². The Bertz CT molecular complexity index is 1560. The predicted molar refractivity (Wildman–Crippen MR) is 150 cm³/mol. The average molecular weight is 546 g/mol. The van der Waals surface area contributed by atoms with Crippen LogP contribution in [0.15, 0.2) is 66.7 Å². The molecular formula is C31H26Cl2FN3O. The van der Waals surface area contributed by atoms with Crippen molar-refractivity contribution in [2.24, 2.45) is 0 Å². The zero-order valence-electron chi connectivity index (χ0n) is 20.7. The molecule has 1 atom stereocenters. The second-order valence-corrected chi connectivity index (χ2v) is 10.7. The van der Waals surface area contributed by atoms with E-state index in [0.717, 1.165) is 60.9 Å². The Morgan fingerprint density at radius 3 is 2.61 bits per heavy atom. The summed E-state index contributed by atoms with van der Waals surface area (Å²) in [6.07, 6.45) is 7.29. The van der Waals surface area contributed by atoms with Gasteiger partial charge in [-0.05, 0) is 97.2 Å². The highest BCUT2D eigenvalue weighted by molar-refractivity contribution is 6.35. The monoisotopic (exact) mass is 545 g/mol. The molecule has 0 aliphatic heterocycles. The highest BCUT2D eigenvalue weighted by Gasteiger charge is 2.30. The van der Waals surface area contributed by atoms with Crippen LogP contribution in [0.2, 0.25) is 10.0 Å². The molecule has 1 heterocycles. The van der Waals surface area contributed by atoms with E-state index in [1.807, 2.05) is 18.2 Å². The third kappa shape index (κ3) is 4.77. The molecule has 0 radical (unpaired) electrons. The van der Waals surface area contributed by atoms with Crippen LogP contribution in [0.25, 0.3) is 17.3 Å². The molecule has 0 saturated carbocycles. The summed E-state index contributed by atoms with van der Waals surface area (Å²) in [6, 6.07) is 19.9. The first-order valence-corrected chi connectivity index (χ1v) is 13.7. The Kier molecular flexibility index (Phi) is 6.81. The van der Waals surface area contributed by atoms with Crippen molar-refractivity contribution in [1.29, 1.82) is 0 Å². The molecule has 0 unspecified atom stereocenters. The Morgan fingerprint density at radius 2 is 1.79 bits per heavy atom. The number of halogens is 3. The number of nitrogens with zero attached hydrogens (tertiary/aromatic N) is 2. The van der Waals surface area contributed by atoms with Gasteiger partial charge in [-0.3, -0.25) is 4.79 Å². The van der Waals surface area contributed by atoms with Crippen LogP contribution in [0.1, 0.15) is 70.2 Å². The molecule has 4 nitrogen and oxygen atoms in total. The van der Waals surface area contributed by atoms with Gasteiger partial charge >= 0.3 is 0 Å². The maximum absolute atomic E-state index is 13.8. The van der Waals surface area contributed by atoms with Gasteiger partial charge in [0, 0.05) is 10.6 Å². The molecule has 4 aromatic rings. The van der Waals surface area contributed by atoms with Crippen LogP contribution in [-0.2, 0) is 12.8 Å². The maximum atomic E-state index is 13.8. The minimum Gasteiger partial charge on any atom is -0.344 e. The summed E-state index contributed by atoms with van der Waals surface area (Å²) in [6.45, 7) is 0. The van der Waals surface area contributed by atoms with Crippen molar-refractivity contribution in [3.63, 3.8) is 0 Å². The van der Waals surface area contributed by atoms with Crippen LogP contribution in [-0.4, -0.2) is 15.7 Å².